The highest BCUT2D eigenvalue weighted by atomic mass is 16.4. The number of hydrogen-bond donors (Lipinski definition) is 1. The summed E-state index contributed by atoms with van der Waals surface area (Å²) in [5.41, 5.74) is 0. The van der Waals surface area contributed by atoms with Gasteiger partial charge in [0.05, 0.1) is 5.92 Å². The molecule has 1 unspecified atom stereocenters. The van der Waals surface area contributed by atoms with Gasteiger partial charge in [-0.1, -0.05) is 6.92 Å². The van der Waals surface area contributed by atoms with E-state index in [1.54, 1.807) is 0 Å². The molecule has 1 atom stereocenters. The Morgan fingerprint density at radius 1 is 1.24 bits per heavy atom. The Hall–Kier alpha value is -1.06. The first-order valence-corrected chi connectivity index (χ1v) is 6.60. The smallest absolute Gasteiger partial charge is 0.308 e. The van der Waals surface area contributed by atoms with Crippen molar-refractivity contribution in [3.8, 4) is 0 Å². The van der Waals surface area contributed by atoms with Crippen LogP contribution < -0.4 is 0 Å². The van der Waals surface area contributed by atoms with E-state index in [4.69, 9.17) is 5.11 Å². The molecule has 0 aromatic heterocycles. The number of amides is 1. The van der Waals surface area contributed by atoms with Crippen LogP contribution in [-0.4, -0.2) is 34.5 Å². The first-order chi connectivity index (χ1) is 8.08. The second-order valence-corrected chi connectivity index (χ2v) is 5.53. The maximum Gasteiger partial charge on any atom is 0.308 e. The molecule has 1 saturated carbocycles. The van der Waals surface area contributed by atoms with Crippen molar-refractivity contribution in [3.05, 3.63) is 0 Å². The summed E-state index contributed by atoms with van der Waals surface area (Å²) in [6.45, 7) is 2.67. The largest absolute Gasteiger partial charge is 0.481 e. The zero-order valence-corrected chi connectivity index (χ0v) is 10.4. The summed E-state index contributed by atoms with van der Waals surface area (Å²) < 4.78 is 0. The highest BCUT2D eigenvalue weighted by Gasteiger charge is 2.35. The quantitative estimate of drug-likeness (QED) is 0.800. The van der Waals surface area contributed by atoms with Crippen molar-refractivity contribution in [1.29, 1.82) is 0 Å². The van der Waals surface area contributed by atoms with Crippen molar-refractivity contribution in [3.63, 3.8) is 0 Å². The third-order valence-corrected chi connectivity index (χ3v) is 4.22. The van der Waals surface area contributed by atoms with E-state index in [9.17, 15) is 9.59 Å². The van der Waals surface area contributed by atoms with E-state index in [0.717, 1.165) is 31.6 Å². The fourth-order valence-corrected chi connectivity index (χ4v) is 2.98. The van der Waals surface area contributed by atoms with Crippen molar-refractivity contribution in [2.45, 2.75) is 51.5 Å². The summed E-state index contributed by atoms with van der Waals surface area (Å²) in [4.78, 5) is 24.7. The van der Waals surface area contributed by atoms with E-state index >= 15 is 0 Å². The monoisotopic (exact) mass is 239 g/mol. The molecule has 1 N–H and O–H groups in total. The number of hydrogen-bond acceptors (Lipinski definition) is 2. The molecular formula is C13H21NO3. The van der Waals surface area contributed by atoms with E-state index in [0.29, 0.717) is 25.4 Å². The van der Waals surface area contributed by atoms with Crippen LogP contribution in [0, 0.1) is 11.8 Å². The van der Waals surface area contributed by atoms with Gasteiger partial charge in [0.25, 0.3) is 0 Å². The number of aliphatic carboxylic acids is 1. The van der Waals surface area contributed by atoms with Gasteiger partial charge in [-0.2, -0.15) is 0 Å². The van der Waals surface area contributed by atoms with Gasteiger partial charge in [0.1, 0.15) is 0 Å². The van der Waals surface area contributed by atoms with Crippen LogP contribution in [0.4, 0.5) is 0 Å². The number of carboxylic acid groups (broad SMARTS) is 1. The molecule has 1 heterocycles. The minimum atomic E-state index is -0.758. The van der Waals surface area contributed by atoms with Crippen LogP contribution in [0.2, 0.25) is 0 Å². The molecule has 1 saturated heterocycles. The maximum absolute atomic E-state index is 11.9. The molecule has 96 valence electrons. The summed E-state index contributed by atoms with van der Waals surface area (Å²) in [5.74, 6) is -0.206. The van der Waals surface area contributed by atoms with Gasteiger partial charge in [0, 0.05) is 19.0 Å². The maximum atomic E-state index is 11.9. The van der Waals surface area contributed by atoms with Crippen molar-refractivity contribution < 1.29 is 14.7 Å². The standard InChI is InChI=1S/C13H21NO3/c1-9-2-5-11(6-3-9)14-8-10(13(16)17)4-7-12(14)15/h9-11H,2-8H2,1H3,(H,16,17). The first-order valence-electron chi connectivity index (χ1n) is 6.60. The van der Waals surface area contributed by atoms with Gasteiger partial charge in [-0.3, -0.25) is 9.59 Å². The number of carbonyl (C=O) groups is 2. The normalized spacial score (nSPS) is 34.8. The second kappa shape index (κ2) is 5.07. The average molecular weight is 239 g/mol. The fourth-order valence-electron chi connectivity index (χ4n) is 2.98. The lowest BCUT2D eigenvalue weighted by atomic mass is 9.85. The molecule has 2 fully saturated rings. The van der Waals surface area contributed by atoms with Crippen LogP contribution >= 0.6 is 0 Å². The van der Waals surface area contributed by atoms with Gasteiger partial charge in [-0.15, -0.1) is 0 Å². The van der Waals surface area contributed by atoms with Gasteiger partial charge in [0.2, 0.25) is 5.91 Å². The van der Waals surface area contributed by atoms with Crippen LogP contribution in [-0.2, 0) is 9.59 Å². The lowest BCUT2D eigenvalue weighted by Gasteiger charge is -2.40. The third-order valence-electron chi connectivity index (χ3n) is 4.22. The molecule has 0 radical (unpaired) electrons. The molecule has 4 nitrogen and oxygen atoms in total. The first kappa shape index (κ1) is 12.4. The molecule has 1 amide bonds. The Morgan fingerprint density at radius 2 is 1.88 bits per heavy atom. The van der Waals surface area contributed by atoms with E-state index in [-0.39, 0.29) is 11.8 Å². The van der Waals surface area contributed by atoms with Crippen LogP contribution in [0.3, 0.4) is 0 Å². The van der Waals surface area contributed by atoms with Crippen molar-refractivity contribution in [1.82, 2.24) is 4.90 Å². The van der Waals surface area contributed by atoms with Crippen molar-refractivity contribution in [2.75, 3.05) is 6.54 Å². The zero-order valence-electron chi connectivity index (χ0n) is 10.4. The van der Waals surface area contributed by atoms with Gasteiger partial charge < -0.3 is 10.0 Å². The van der Waals surface area contributed by atoms with Gasteiger partial charge in [-0.25, -0.2) is 0 Å². The Kier molecular flexibility index (Phi) is 3.69. The van der Waals surface area contributed by atoms with Crippen LogP contribution in [0.5, 0.6) is 0 Å². The van der Waals surface area contributed by atoms with E-state index in [1.807, 2.05) is 4.90 Å². The van der Waals surface area contributed by atoms with Crippen molar-refractivity contribution >= 4 is 11.9 Å². The van der Waals surface area contributed by atoms with Crippen LogP contribution in [0.25, 0.3) is 0 Å². The van der Waals surface area contributed by atoms with E-state index < -0.39 is 5.97 Å². The number of likely N-dealkylation sites (tertiary alicyclic amines) is 1. The Bertz CT molecular complexity index is 308. The second-order valence-electron chi connectivity index (χ2n) is 5.53. The SMILES string of the molecule is CC1CCC(N2CC(C(=O)O)CCC2=O)CC1. The lowest BCUT2D eigenvalue weighted by Crippen LogP contribution is -2.49. The number of rotatable bonds is 2. The fraction of sp³-hybridized carbons (Fsp3) is 0.846. The molecule has 1 aliphatic heterocycles. The van der Waals surface area contributed by atoms with Gasteiger partial charge >= 0.3 is 5.97 Å². The summed E-state index contributed by atoms with van der Waals surface area (Å²) in [5, 5.41) is 9.04. The lowest BCUT2D eigenvalue weighted by molar-refractivity contribution is -0.149. The molecule has 2 aliphatic rings. The molecule has 17 heavy (non-hydrogen) atoms. The number of carboxylic acids is 1. The molecule has 2 rings (SSSR count). The highest BCUT2D eigenvalue weighted by Crippen LogP contribution is 2.30. The molecule has 0 bridgehead atoms. The van der Waals surface area contributed by atoms with Crippen LogP contribution in [0.1, 0.15) is 45.4 Å². The Balaban J connectivity index is 1.98. The third kappa shape index (κ3) is 2.79. The minimum absolute atomic E-state index is 0.155. The highest BCUT2D eigenvalue weighted by molar-refractivity contribution is 5.80. The number of carbonyl (C=O) groups excluding carboxylic acids is 1. The molecule has 1 aliphatic carbocycles. The molecule has 0 aromatic carbocycles. The van der Waals surface area contributed by atoms with Crippen LogP contribution in [0.15, 0.2) is 0 Å². The predicted octanol–water partition coefficient (Wildman–Crippen LogP) is 1.89. The Morgan fingerprint density at radius 3 is 2.47 bits per heavy atom. The van der Waals surface area contributed by atoms with Gasteiger partial charge in [0.15, 0.2) is 0 Å². The van der Waals surface area contributed by atoms with E-state index in [2.05, 4.69) is 6.92 Å². The molecule has 0 spiro atoms. The number of piperidine rings is 1. The molecule has 4 heteroatoms. The summed E-state index contributed by atoms with van der Waals surface area (Å²) in [6.07, 6.45) is 5.31. The number of nitrogens with zero attached hydrogens (tertiary/aromatic N) is 1. The predicted molar refractivity (Wildman–Crippen MR) is 63.5 cm³/mol. The molecule has 0 aromatic rings. The summed E-state index contributed by atoms with van der Waals surface area (Å²) in [7, 11) is 0. The van der Waals surface area contributed by atoms with Crippen molar-refractivity contribution in [2.24, 2.45) is 11.8 Å². The molecular weight excluding hydrogens is 218 g/mol. The average Bonchev–Trinajstić information content (AvgIpc) is 2.31. The van der Waals surface area contributed by atoms with Gasteiger partial charge in [-0.05, 0) is 38.0 Å². The topological polar surface area (TPSA) is 57.6 Å². The summed E-state index contributed by atoms with van der Waals surface area (Å²) >= 11 is 0. The minimum Gasteiger partial charge on any atom is -0.481 e. The zero-order chi connectivity index (χ0) is 12.4. The van der Waals surface area contributed by atoms with E-state index in [1.165, 1.54) is 0 Å². The summed E-state index contributed by atoms with van der Waals surface area (Å²) in [6, 6.07) is 0.292. The Labute approximate surface area is 102 Å².